The van der Waals surface area contributed by atoms with Crippen LogP contribution in [-0.4, -0.2) is 74.8 Å². The topological polar surface area (TPSA) is 207 Å². The van der Waals surface area contributed by atoms with E-state index < -0.39 is 54.5 Å². The molecule has 0 aliphatic rings. The van der Waals surface area contributed by atoms with Crippen molar-refractivity contribution in [2.45, 2.75) is 43.4 Å². The van der Waals surface area contributed by atoms with Gasteiger partial charge in [-0.1, -0.05) is 60.7 Å². The molecule has 1 heterocycles. The molecular weight excluding hydrogens is 566 g/mol. The lowest BCUT2D eigenvalue weighted by Crippen LogP contribution is -2.58. The van der Waals surface area contributed by atoms with E-state index >= 15 is 0 Å². The summed E-state index contributed by atoms with van der Waals surface area (Å²) >= 11 is 0. The largest absolute Gasteiger partial charge is 0.508 e. The molecule has 44 heavy (non-hydrogen) atoms. The fourth-order valence-electron chi connectivity index (χ4n) is 4.78. The van der Waals surface area contributed by atoms with Gasteiger partial charge in [0.25, 0.3) is 0 Å². The quantitative estimate of drug-likeness (QED) is 0.103. The maximum Gasteiger partial charge on any atom is 0.326 e. The van der Waals surface area contributed by atoms with Crippen molar-refractivity contribution in [1.29, 1.82) is 0 Å². The van der Waals surface area contributed by atoms with E-state index in [1.165, 1.54) is 12.1 Å². The van der Waals surface area contributed by atoms with E-state index in [9.17, 15) is 34.5 Å². The Morgan fingerprint density at radius 1 is 0.705 bits per heavy atom. The number of hydrogen-bond acceptors (Lipinski definition) is 7. The van der Waals surface area contributed by atoms with Gasteiger partial charge in [-0.25, -0.2) is 4.79 Å². The second-order valence-corrected chi connectivity index (χ2v) is 10.4. The van der Waals surface area contributed by atoms with Crippen molar-refractivity contribution < 1.29 is 34.5 Å². The number of hydrogen-bond donors (Lipinski definition) is 8. The zero-order chi connectivity index (χ0) is 31.6. The first-order valence-electron chi connectivity index (χ1n) is 14.0. The number of aromatic hydroxyl groups is 1. The van der Waals surface area contributed by atoms with Gasteiger partial charge in [0.15, 0.2) is 0 Å². The lowest BCUT2D eigenvalue weighted by Gasteiger charge is -2.24. The molecule has 4 rings (SSSR count). The smallest absolute Gasteiger partial charge is 0.326 e. The fourth-order valence-corrected chi connectivity index (χ4v) is 4.78. The van der Waals surface area contributed by atoms with Crippen LogP contribution in [0, 0.1) is 0 Å². The molecule has 0 radical (unpaired) electrons. The number of carbonyl (C=O) groups excluding carboxylic acids is 3. The van der Waals surface area contributed by atoms with Crippen molar-refractivity contribution in [1.82, 2.24) is 20.9 Å². The first-order valence-corrected chi connectivity index (χ1v) is 14.0. The minimum Gasteiger partial charge on any atom is -0.508 e. The maximum atomic E-state index is 13.4. The second kappa shape index (κ2) is 14.8. The number of aromatic amines is 1. The third-order valence-electron chi connectivity index (χ3n) is 7.17. The van der Waals surface area contributed by atoms with Crippen LogP contribution in [-0.2, 0) is 38.4 Å². The number of carbonyl (C=O) groups is 4. The van der Waals surface area contributed by atoms with Crippen LogP contribution in [0.15, 0.2) is 85.1 Å². The molecule has 0 fully saturated rings. The summed E-state index contributed by atoms with van der Waals surface area (Å²) in [6, 6.07) is 17.4. The van der Waals surface area contributed by atoms with Crippen LogP contribution >= 0.6 is 0 Å². The van der Waals surface area contributed by atoms with Gasteiger partial charge in [0.1, 0.15) is 23.9 Å². The first-order chi connectivity index (χ1) is 21.1. The average Bonchev–Trinajstić information content (AvgIpc) is 3.43. The van der Waals surface area contributed by atoms with E-state index in [4.69, 9.17) is 5.73 Å². The van der Waals surface area contributed by atoms with Crippen LogP contribution in [0.3, 0.4) is 0 Å². The molecule has 4 aromatic rings. The number of aliphatic hydroxyl groups is 1. The molecule has 9 N–H and O–H groups in total. The zero-order valence-electron chi connectivity index (χ0n) is 23.8. The first kappa shape index (κ1) is 31.7. The van der Waals surface area contributed by atoms with Gasteiger partial charge in [-0.15, -0.1) is 0 Å². The molecule has 0 saturated carbocycles. The van der Waals surface area contributed by atoms with E-state index in [2.05, 4.69) is 20.9 Å². The highest BCUT2D eigenvalue weighted by molar-refractivity contribution is 5.94. The summed E-state index contributed by atoms with van der Waals surface area (Å²) in [5.41, 5.74) is 9.02. The number of carboxylic acids is 1. The summed E-state index contributed by atoms with van der Waals surface area (Å²) in [6.45, 7) is -0.829. The van der Waals surface area contributed by atoms with Gasteiger partial charge < -0.3 is 42.0 Å². The summed E-state index contributed by atoms with van der Waals surface area (Å²) < 4.78 is 0. The molecule has 1 aromatic heterocycles. The Bertz CT molecular complexity index is 1590. The number of phenols is 1. The molecule has 230 valence electrons. The number of phenolic OH excluding ortho intramolecular Hbond substituents is 1. The van der Waals surface area contributed by atoms with E-state index in [1.54, 1.807) is 18.3 Å². The van der Waals surface area contributed by atoms with Crippen LogP contribution < -0.4 is 21.7 Å². The molecule has 0 aliphatic heterocycles. The molecule has 3 amide bonds. The molecule has 0 saturated heterocycles. The van der Waals surface area contributed by atoms with Gasteiger partial charge >= 0.3 is 5.97 Å². The molecule has 3 aromatic carbocycles. The van der Waals surface area contributed by atoms with Crippen molar-refractivity contribution in [2.24, 2.45) is 5.73 Å². The van der Waals surface area contributed by atoms with Gasteiger partial charge in [0.2, 0.25) is 17.7 Å². The number of nitrogens with one attached hydrogen (secondary N) is 4. The van der Waals surface area contributed by atoms with Gasteiger partial charge in [0, 0.05) is 29.9 Å². The number of fused-ring (bicyclic) bond motifs is 1. The van der Waals surface area contributed by atoms with Crippen molar-refractivity contribution in [3.05, 3.63) is 102 Å². The normalized spacial score (nSPS) is 13.8. The Labute approximate surface area is 253 Å². The van der Waals surface area contributed by atoms with Crippen LogP contribution in [0.5, 0.6) is 5.75 Å². The number of amides is 3. The Hall–Kier alpha value is -5.20. The number of para-hydroxylation sites is 1. The fraction of sp³-hybridized carbons (Fsp3) is 0.250. The lowest BCUT2D eigenvalue weighted by molar-refractivity contribution is -0.142. The number of carboxylic acid groups (broad SMARTS) is 1. The predicted octanol–water partition coefficient (Wildman–Crippen LogP) is 0.760. The van der Waals surface area contributed by atoms with E-state index in [0.717, 1.165) is 16.5 Å². The van der Waals surface area contributed by atoms with E-state index in [-0.39, 0.29) is 25.0 Å². The Kier molecular flexibility index (Phi) is 10.7. The lowest BCUT2D eigenvalue weighted by atomic mass is 10.0. The van der Waals surface area contributed by atoms with E-state index in [0.29, 0.717) is 11.1 Å². The van der Waals surface area contributed by atoms with Crippen LogP contribution in [0.4, 0.5) is 0 Å². The Morgan fingerprint density at radius 3 is 1.98 bits per heavy atom. The minimum absolute atomic E-state index is 0.0151. The number of rotatable bonds is 14. The molecule has 0 aliphatic carbocycles. The molecular formula is C32H35N5O7. The standard InChI is InChI=1S/C32H35N5O7/c33-24(14-19-6-2-1-3-7-19)29(40)35-26(15-20-10-12-22(39)13-11-20)30(41)37-28(18-38)31(42)36-27(32(43)44)16-21-17-34-25-9-5-4-8-23(21)25/h1-13,17,24,26-28,34,38-39H,14-16,18,33H2,(H,35,40)(H,36,42)(H,37,41)(H,43,44). The van der Waals surface area contributed by atoms with Gasteiger partial charge in [-0.2, -0.15) is 0 Å². The van der Waals surface area contributed by atoms with Crippen LogP contribution in [0.1, 0.15) is 16.7 Å². The van der Waals surface area contributed by atoms with Crippen molar-refractivity contribution in [3.8, 4) is 5.75 Å². The van der Waals surface area contributed by atoms with Crippen molar-refractivity contribution >= 4 is 34.6 Å². The van der Waals surface area contributed by atoms with Gasteiger partial charge in [-0.3, -0.25) is 14.4 Å². The maximum absolute atomic E-state index is 13.4. The summed E-state index contributed by atoms with van der Waals surface area (Å²) in [5.74, 6) is -3.60. The molecule has 4 unspecified atom stereocenters. The summed E-state index contributed by atoms with van der Waals surface area (Å²) in [4.78, 5) is 54.6. The van der Waals surface area contributed by atoms with E-state index in [1.807, 2.05) is 54.6 Å². The van der Waals surface area contributed by atoms with Gasteiger partial charge in [-0.05, 0) is 41.3 Å². The minimum atomic E-state index is -1.51. The number of H-pyrrole nitrogens is 1. The highest BCUT2D eigenvalue weighted by Gasteiger charge is 2.30. The van der Waals surface area contributed by atoms with Crippen molar-refractivity contribution in [2.75, 3.05) is 6.61 Å². The SMILES string of the molecule is NC(Cc1ccccc1)C(=O)NC(Cc1ccc(O)cc1)C(=O)NC(CO)C(=O)NC(Cc1c[nH]c2ccccc12)C(=O)O. The van der Waals surface area contributed by atoms with Crippen LogP contribution in [0.2, 0.25) is 0 Å². The summed E-state index contributed by atoms with van der Waals surface area (Å²) in [5, 5.41) is 37.7. The third-order valence-corrected chi connectivity index (χ3v) is 7.17. The Morgan fingerprint density at radius 2 is 1.30 bits per heavy atom. The summed E-state index contributed by atoms with van der Waals surface area (Å²) in [7, 11) is 0. The molecule has 4 atom stereocenters. The third kappa shape index (κ3) is 8.43. The number of aromatic nitrogens is 1. The highest BCUT2D eigenvalue weighted by Crippen LogP contribution is 2.19. The number of benzene rings is 3. The molecule has 0 spiro atoms. The molecule has 12 nitrogen and oxygen atoms in total. The van der Waals surface area contributed by atoms with Crippen LogP contribution in [0.25, 0.3) is 10.9 Å². The zero-order valence-corrected chi connectivity index (χ0v) is 23.8. The number of nitrogens with two attached hydrogens (primary N) is 1. The summed E-state index contributed by atoms with van der Waals surface area (Å²) in [6.07, 6.45) is 1.82. The average molecular weight is 602 g/mol. The monoisotopic (exact) mass is 601 g/mol. The molecule has 12 heteroatoms. The molecule has 0 bridgehead atoms. The highest BCUT2D eigenvalue weighted by atomic mass is 16.4. The van der Waals surface area contributed by atoms with Gasteiger partial charge in [0.05, 0.1) is 12.6 Å². The number of aliphatic carboxylic acids is 1. The number of aliphatic hydroxyl groups excluding tert-OH is 1. The second-order valence-electron chi connectivity index (χ2n) is 10.4. The predicted molar refractivity (Wildman–Crippen MR) is 162 cm³/mol. The Balaban J connectivity index is 1.45. The van der Waals surface area contributed by atoms with Crippen molar-refractivity contribution in [3.63, 3.8) is 0 Å².